The van der Waals surface area contributed by atoms with E-state index in [1.165, 1.54) is 18.2 Å². The Morgan fingerprint density at radius 2 is 2.00 bits per heavy atom. The second-order valence-corrected chi connectivity index (χ2v) is 4.34. The summed E-state index contributed by atoms with van der Waals surface area (Å²) in [5.41, 5.74) is 0.00792. The van der Waals surface area contributed by atoms with Crippen LogP contribution in [-0.4, -0.2) is 16.6 Å². The molecule has 2 aromatic rings. The average Bonchev–Trinajstić information content (AvgIpc) is 2.83. The zero-order valence-electron chi connectivity index (χ0n) is 11.0. The Hall–Kier alpha value is -1.75. The summed E-state index contributed by atoms with van der Waals surface area (Å²) in [7, 11) is 1.67. The largest absolute Gasteiger partial charge is 0.333 e. The molecule has 0 fully saturated rings. The highest BCUT2D eigenvalue weighted by atomic mass is 19.1. The molecule has 1 atom stereocenters. The predicted octanol–water partition coefficient (Wildman–Crippen LogP) is 2.88. The van der Waals surface area contributed by atoms with Crippen molar-refractivity contribution in [2.45, 2.75) is 25.9 Å². The highest BCUT2D eigenvalue weighted by molar-refractivity contribution is 5.28. The molecule has 0 radical (unpaired) electrons. The third-order valence-corrected chi connectivity index (χ3v) is 3.05. The molecule has 0 amide bonds. The first-order valence-corrected chi connectivity index (χ1v) is 6.31. The molecule has 3 nitrogen and oxygen atoms in total. The second-order valence-electron chi connectivity index (χ2n) is 4.34. The molecule has 0 aliphatic heterocycles. The van der Waals surface area contributed by atoms with Gasteiger partial charge in [0.05, 0.1) is 6.04 Å². The van der Waals surface area contributed by atoms with Crippen molar-refractivity contribution >= 4 is 0 Å². The molecule has 0 bridgehead atoms. The summed E-state index contributed by atoms with van der Waals surface area (Å²) in [5.74, 6) is -0.510. The molecule has 0 spiro atoms. The van der Waals surface area contributed by atoms with Gasteiger partial charge in [-0.1, -0.05) is 13.0 Å². The fourth-order valence-corrected chi connectivity index (χ4v) is 2.20. The predicted molar refractivity (Wildman–Crippen MR) is 69.8 cm³/mol. The Morgan fingerprint density at radius 3 is 2.58 bits per heavy atom. The van der Waals surface area contributed by atoms with Gasteiger partial charge in [0.25, 0.3) is 0 Å². The molecular weight excluding hydrogens is 248 g/mol. The van der Waals surface area contributed by atoms with Crippen LogP contribution in [0.25, 0.3) is 0 Å². The van der Waals surface area contributed by atoms with Crippen LogP contribution in [0, 0.1) is 11.6 Å². The van der Waals surface area contributed by atoms with Crippen LogP contribution in [-0.2, 0) is 6.54 Å². The molecule has 102 valence electrons. The van der Waals surface area contributed by atoms with E-state index in [-0.39, 0.29) is 5.56 Å². The van der Waals surface area contributed by atoms with Crippen LogP contribution in [0.5, 0.6) is 0 Å². The standard InChI is InChI=1S/C14H17F2N3/c1-3-8-19-9-7-18-14(19)13(17-2)12-10(15)5-4-6-11(12)16/h4-7,9,13,17H,3,8H2,1-2H3. The number of nitrogens with one attached hydrogen (secondary N) is 1. The van der Waals surface area contributed by atoms with E-state index in [0.29, 0.717) is 5.82 Å². The number of hydrogen-bond donors (Lipinski definition) is 1. The maximum Gasteiger partial charge on any atom is 0.131 e. The topological polar surface area (TPSA) is 29.9 Å². The molecule has 0 aliphatic carbocycles. The van der Waals surface area contributed by atoms with Crippen LogP contribution in [0.2, 0.25) is 0 Å². The Kier molecular flexibility index (Phi) is 4.27. The van der Waals surface area contributed by atoms with E-state index in [4.69, 9.17) is 0 Å². The number of aromatic nitrogens is 2. The van der Waals surface area contributed by atoms with Gasteiger partial charge in [0.15, 0.2) is 0 Å². The highest BCUT2D eigenvalue weighted by Crippen LogP contribution is 2.25. The summed E-state index contributed by atoms with van der Waals surface area (Å²) in [6.07, 6.45) is 4.40. The lowest BCUT2D eigenvalue weighted by atomic mass is 10.0. The van der Waals surface area contributed by atoms with Gasteiger partial charge in [-0.2, -0.15) is 0 Å². The van der Waals surface area contributed by atoms with E-state index in [9.17, 15) is 8.78 Å². The number of rotatable bonds is 5. The van der Waals surface area contributed by atoms with Gasteiger partial charge in [-0.3, -0.25) is 0 Å². The Bertz CT molecular complexity index is 531. The lowest BCUT2D eigenvalue weighted by Gasteiger charge is -2.19. The van der Waals surface area contributed by atoms with Gasteiger partial charge >= 0.3 is 0 Å². The van der Waals surface area contributed by atoms with Gasteiger partial charge in [0.2, 0.25) is 0 Å². The number of hydrogen-bond acceptors (Lipinski definition) is 2. The van der Waals surface area contributed by atoms with Crippen LogP contribution in [0.4, 0.5) is 8.78 Å². The first-order valence-electron chi connectivity index (χ1n) is 6.31. The molecule has 2 rings (SSSR count). The van der Waals surface area contributed by atoms with E-state index in [1.807, 2.05) is 17.7 Å². The van der Waals surface area contributed by atoms with Gasteiger partial charge in [-0.25, -0.2) is 13.8 Å². The maximum absolute atomic E-state index is 13.9. The first-order chi connectivity index (χ1) is 9.19. The zero-order valence-corrected chi connectivity index (χ0v) is 11.0. The number of nitrogens with zero attached hydrogens (tertiary/aromatic N) is 2. The molecule has 1 heterocycles. The molecule has 1 aromatic heterocycles. The number of benzene rings is 1. The first kappa shape index (κ1) is 13.7. The lowest BCUT2D eigenvalue weighted by Crippen LogP contribution is -2.24. The SMILES string of the molecule is CCCn1ccnc1C(NC)c1c(F)cccc1F. The van der Waals surface area contributed by atoms with Gasteiger partial charge in [0.1, 0.15) is 17.5 Å². The molecule has 0 saturated carbocycles. The normalized spacial score (nSPS) is 12.6. The van der Waals surface area contributed by atoms with Gasteiger partial charge < -0.3 is 9.88 Å². The maximum atomic E-state index is 13.9. The van der Waals surface area contributed by atoms with Crippen molar-refractivity contribution < 1.29 is 8.78 Å². The molecule has 0 aliphatic rings. The minimum Gasteiger partial charge on any atom is -0.333 e. The van der Waals surface area contributed by atoms with Crippen molar-refractivity contribution in [2.24, 2.45) is 0 Å². The van der Waals surface area contributed by atoms with Crippen molar-refractivity contribution in [3.63, 3.8) is 0 Å². The van der Waals surface area contributed by atoms with Crippen molar-refractivity contribution in [1.82, 2.24) is 14.9 Å². The number of aryl methyl sites for hydroxylation is 1. The fourth-order valence-electron chi connectivity index (χ4n) is 2.20. The molecule has 19 heavy (non-hydrogen) atoms. The summed E-state index contributed by atoms with van der Waals surface area (Å²) < 4.78 is 29.7. The minimum absolute atomic E-state index is 0.00792. The molecular formula is C14H17F2N3. The van der Waals surface area contributed by atoms with Crippen LogP contribution >= 0.6 is 0 Å². The third kappa shape index (κ3) is 2.66. The van der Waals surface area contributed by atoms with Gasteiger partial charge in [-0.05, 0) is 25.6 Å². The molecule has 5 heteroatoms. The van der Waals surface area contributed by atoms with Crippen molar-refractivity contribution in [3.05, 3.63) is 53.6 Å². The second kappa shape index (κ2) is 5.93. The third-order valence-electron chi connectivity index (χ3n) is 3.05. The summed E-state index contributed by atoms with van der Waals surface area (Å²) in [5, 5.41) is 2.94. The summed E-state index contributed by atoms with van der Waals surface area (Å²) in [6, 6.07) is 3.29. The number of halogens is 2. The lowest BCUT2D eigenvalue weighted by molar-refractivity contribution is 0.496. The van der Waals surface area contributed by atoms with E-state index < -0.39 is 17.7 Å². The Labute approximate surface area is 111 Å². The minimum atomic E-state index is -0.595. The van der Waals surface area contributed by atoms with E-state index in [1.54, 1.807) is 13.2 Å². The number of imidazole rings is 1. The summed E-state index contributed by atoms with van der Waals surface area (Å²) in [6.45, 7) is 2.81. The van der Waals surface area contributed by atoms with Crippen LogP contribution in [0.1, 0.15) is 30.8 Å². The Morgan fingerprint density at radius 1 is 1.32 bits per heavy atom. The van der Waals surface area contributed by atoms with Crippen molar-refractivity contribution in [1.29, 1.82) is 0 Å². The van der Waals surface area contributed by atoms with Crippen LogP contribution < -0.4 is 5.32 Å². The Balaban J connectivity index is 2.47. The van der Waals surface area contributed by atoms with Gasteiger partial charge in [-0.15, -0.1) is 0 Å². The van der Waals surface area contributed by atoms with Crippen molar-refractivity contribution in [3.8, 4) is 0 Å². The van der Waals surface area contributed by atoms with E-state index in [2.05, 4.69) is 10.3 Å². The molecule has 1 aromatic carbocycles. The monoisotopic (exact) mass is 265 g/mol. The molecule has 1 N–H and O–H groups in total. The van der Waals surface area contributed by atoms with E-state index >= 15 is 0 Å². The zero-order chi connectivity index (χ0) is 13.8. The van der Waals surface area contributed by atoms with Crippen LogP contribution in [0.3, 0.4) is 0 Å². The van der Waals surface area contributed by atoms with E-state index in [0.717, 1.165) is 13.0 Å². The summed E-state index contributed by atoms with van der Waals surface area (Å²) in [4.78, 5) is 4.23. The smallest absolute Gasteiger partial charge is 0.131 e. The van der Waals surface area contributed by atoms with Crippen molar-refractivity contribution in [2.75, 3.05) is 7.05 Å². The highest BCUT2D eigenvalue weighted by Gasteiger charge is 2.23. The van der Waals surface area contributed by atoms with Gasteiger partial charge in [0, 0.05) is 24.5 Å². The fraction of sp³-hybridized carbons (Fsp3) is 0.357. The summed E-state index contributed by atoms with van der Waals surface area (Å²) >= 11 is 0. The molecule has 1 unspecified atom stereocenters. The molecule has 0 saturated heterocycles. The average molecular weight is 265 g/mol. The van der Waals surface area contributed by atoms with Crippen LogP contribution in [0.15, 0.2) is 30.6 Å². The quantitative estimate of drug-likeness (QED) is 0.901.